The largest absolute Gasteiger partial charge is 0.496 e. The molecule has 0 saturated heterocycles. The molecule has 0 fully saturated rings. The van der Waals surface area contributed by atoms with Crippen LogP contribution < -0.4 is 14.8 Å². The summed E-state index contributed by atoms with van der Waals surface area (Å²) in [7, 11) is 1.70. The van der Waals surface area contributed by atoms with Gasteiger partial charge in [-0.3, -0.25) is 0 Å². The third-order valence-corrected chi connectivity index (χ3v) is 3.89. The second-order valence-electron chi connectivity index (χ2n) is 5.35. The Balaban J connectivity index is 1.49. The van der Waals surface area contributed by atoms with E-state index in [9.17, 15) is 0 Å². The average Bonchev–Trinajstić information content (AvgIpc) is 2.98. The summed E-state index contributed by atoms with van der Waals surface area (Å²) >= 11 is 0. The molecule has 0 aromatic heterocycles. The van der Waals surface area contributed by atoms with Gasteiger partial charge in [-0.2, -0.15) is 0 Å². The predicted octanol–water partition coefficient (Wildman–Crippen LogP) is 3.47. The molecule has 0 saturated carbocycles. The highest BCUT2D eigenvalue weighted by Gasteiger charge is 2.22. The smallest absolute Gasteiger partial charge is 0.126 e. The van der Waals surface area contributed by atoms with Crippen LogP contribution in [0.2, 0.25) is 0 Å². The van der Waals surface area contributed by atoms with Gasteiger partial charge in [0.05, 0.1) is 13.7 Å². The van der Waals surface area contributed by atoms with Gasteiger partial charge < -0.3 is 14.8 Å². The van der Waals surface area contributed by atoms with Crippen molar-refractivity contribution in [2.45, 2.75) is 5.92 Å². The maximum atomic E-state index is 5.69. The quantitative estimate of drug-likeness (QED) is 0.828. The lowest BCUT2D eigenvalue weighted by molar-refractivity contribution is 0.327. The lowest BCUT2D eigenvalue weighted by atomic mass is 10.0. The van der Waals surface area contributed by atoms with Gasteiger partial charge in [0.25, 0.3) is 0 Å². The summed E-state index contributed by atoms with van der Waals surface area (Å²) in [5.41, 5.74) is 2.41. The molecule has 1 N–H and O–H groups in total. The summed E-state index contributed by atoms with van der Waals surface area (Å²) in [6.45, 7) is 2.52. The van der Waals surface area contributed by atoms with E-state index in [0.29, 0.717) is 5.92 Å². The molecule has 3 rings (SSSR count). The Kier molecular flexibility index (Phi) is 4.76. The van der Waals surface area contributed by atoms with Crippen molar-refractivity contribution in [2.75, 3.05) is 26.8 Å². The first-order valence-electron chi connectivity index (χ1n) is 7.60. The SMILES string of the molecule is COc1ccccc1/C=C/CNCC1COc2ccccc21. The zero-order valence-corrected chi connectivity index (χ0v) is 12.8. The number of hydrogen-bond donors (Lipinski definition) is 1. The minimum Gasteiger partial charge on any atom is -0.496 e. The summed E-state index contributed by atoms with van der Waals surface area (Å²) in [5.74, 6) is 2.37. The molecule has 0 bridgehead atoms. The van der Waals surface area contributed by atoms with E-state index in [1.54, 1.807) is 7.11 Å². The molecule has 3 nitrogen and oxygen atoms in total. The number of ether oxygens (including phenoxy) is 2. The summed E-state index contributed by atoms with van der Waals surface area (Å²) in [4.78, 5) is 0. The molecular formula is C19H21NO2. The molecule has 2 aromatic carbocycles. The fourth-order valence-corrected chi connectivity index (χ4v) is 2.73. The monoisotopic (exact) mass is 295 g/mol. The van der Waals surface area contributed by atoms with Gasteiger partial charge >= 0.3 is 0 Å². The zero-order chi connectivity index (χ0) is 15.2. The van der Waals surface area contributed by atoms with Crippen molar-refractivity contribution in [1.29, 1.82) is 0 Å². The highest BCUT2D eigenvalue weighted by molar-refractivity contribution is 5.57. The highest BCUT2D eigenvalue weighted by atomic mass is 16.5. The van der Waals surface area contributed by atoms with Crippen LogP contribution in [0.1, 0.15) is 17.0 Å². The number of rotatable bonds is 6. The highest BCUT2D eigenvalue weighted by Crippen LogP contribution is 2.32. The number of benzene rings is 2. The second kappa shape index (κ2) is 7.14. The Morgan fingerprint density at radius 3 is 2.91 bits per heavy atom. The minimum absolute atomic E-state index is 0.441. The molecule has 0 amide bonds. The Morgan fingerprint density at radius 2 is 2.00 bits per heavy atom. The van der Waals surface area contributed by atoms with E-state index >= 15 is 0 Å². The molecular weight excluding hydrogens is 274 g/mol. The first kappa shape index (κ1) is 14.7. The van der Waals surface area contributed by atoms with Crippen LogP contribution in [0.3, 0.4) is 0 Å². The standard InChI is InChI=1S/C19H21NO2/c1-21-18-10-4-2-7-15(18)8-6-12-20-13-16-14-22-19-11-5-3-9-17(16)19/h2-11,16,20H,12-14H2,1H3/b8-6+. The van der Waals surface area contributed by atoms with Crippen molar-refractivity contribution in [1.82, 2.24) is 5.32 Å². The van der Waals surface area contributed by atoms with Crippen molar-refractivity contribution < 1.29 is 9.47 Å². The topological polar surface area (TPSA) is 30.5 Å². The molecule has 22 heavy (non-hydrogen) atoms. The number of nitrogens with one attached hydrogen (secondary N) is 1. The van der Waals surface area contributed by atoms with Crippen molar-refractivity contribution >= 4 is 6.08 Å². The van der Waals surface area contributed by atoms with Crippen molar-refractivity contribution in [3.8, 4) is 11.5 Å². The van der Waals surface area contributed by atoms with Crippen LogP contribution in [-0.2, 0) is 0 Å². The normalized spacial score (nSPS) is 16.5. The first-order valence-corrected chi connectivity index (χ1v) is 7.60. The van der Waals surface area contributed by atoms with Gasteiger partial charge in [0, 0.05) is 30.1 Å². The second-order valence-corrected chi connectivity index (χ2v) is 5.35. The average molecular weight is 295 g/mol. The third-order valence-electron chi connectivity index (χ3n) is 3.89. The number of fused-ring (bicyclic) bond motifs is 1. The lowest BCUT2D eigenvalue weighted by Gasteiger charge is -2.09. The lowest BCUT2D eigenvalue weighted by Crippen LogP contribution is -2.22. The van der Waals surface area contributed by atoms with Crippen LogP contribution in [0.4, 0.5) is 0 Å². The number of para-hydroxylation sites is 2. The molecule has 1 aliphatic rings. The fourth-order valence-electron chi connectivity index (χ4n) is 2.73. The summed E-state index contributed by atoms with van der Waals surface area (Å²) in [6, 6.07) is 16.3. The van der Waals surface area contributed by atoms with Crippen LogP contribution in [0.5, 0.6) is 11.5 Å². The Morgan fingerprint density at radius 1 is 1.18 bits per heavy atom. The minimum atomic E-state index is 0.441. The van der Waals surface area contributed by atoms with Crippen LogP contribution in [0.25, 0.3) is 6.08 Å². The van der Waals surface area contributed by atoms with E-state index < -0.39 is 0 Å². The summed E-state index contributed by atoms with van der Waals surface area (Å²) in [6.07, 6.45) is 4.21. The maximum Gasteiger partial charge on any atom is 0.126 e. The Labute approximate surface area is 131 Å². The fraction of sp³-hybridized carbons (Fsp3) is 0.263. The van der Waals surface area contributed by atoms with Gasteiger partial charge in [-0.15, -0.1) is 0 Å². The van der Waals surface area contributed by atoms with E-state index in [4.69, 9.17) is 9.47 Å². The predicted molar refractivity (Wildman–Crippen MR) is 89.6 cm³/mol. The van der Waals surface area contributed by atoms with Crippen LogP contribution >= 0.6 is 0 Å². The van der Waals surface area contributed by atoms with E-state index in [2.05, 4.69) is 35.7 Å². The molecule has 114 valence electrons. The van der Waals surface area contributed by atoms with Gasteiger partial charge in [-0.05, 0) is 12.1 Å². The number of hydrogen-bond acceptors (Lipinski definition) is 3. The van der Waals surface area contributed by atoms with Crippen LogP contribution in [0, 0.1) is 0 Å². The van der Waals surface area contributed by atoms with E-state index in [1.807, 2.05) is 30.3 Å². The van der Waals surface area contributed by atoms with E-state index in [0.717, 1.165) is 36.8 Å². The van der Waals surface area contributed by atoms with Gasteiger partial charge in [0.2, 0.25) is 0 Å². The van der Waals surface area contributed by atoms with Crippen molar-refractivity contribution in [2.24, 2.45) is 0 Å². The van der Waals surface area contributed by atoms with Crippen LogP contribution in [0.15, 0.2) is 54.6 Å². The Hall–Kier alpha value is -2.26. The maximum absolute atomic E-state index is 5.69. The molecule has 0 spiro atoms. The summed E-state index contributed by atoms with van der Waals surface area (Å²) < 4.78 is 11.0. The van der Waals surface area contributed by atoms with Crippen molar-refractivity contribution in [3.63, 3.8) is 0 Å². The molecule has 3 heteroatoms. The first-order chi connectivity index (χ1) is 10.9. The van der Waals surface area contributed by atoms with E-state index in [-0.39, 0.29) is 0 Å². The summed E-state index contributed by atoms with van der Waals surface area (Å²) in [5, 5.41) is 3.47. The molecule has 2 aromatic rings. The molecule has 1 aliphatic heterocycles. The van der Waals surface area contributed by atoms with E-state index in [1.165, 1.54) is 5.56 Å². The molecule has 1 heterocycles. The molecule has 0 aliphatic carbocycles. The Bertz CT molecular complexity index is 651. The third kappa shape index (κ3) is 3.31. The van der Waals surface area contributed by atoms with Crippen molar-refractivity contribution in [3.05, 3.63) is 65.7 Å². The molecule has 1 unspecified atom stereocenters. The van der Waals surface area contributed by atoms with Gasteiger partial charge in [-0.1, -0.05) is 48.6 Å². The van der Waals surface area contributed by atoms with Gasteiger partial charge in [0.1, 0.15) is 11.5 Å². The number of methoxy groups -OCH3 is 1. The van der Waals surface area contributed by atoms with Gasteiger partial charge in [-0.25, -0.2) is 0 Å². The molecule has 1 atom stereocenters. The van der Waals surface area contributed by atoms with Gasteiger partial charge in [0.15, 0.2) is 0 Å². The molecule has 0 radical (unpaired) electrons. The zero-order valence-electron chi connectivity index (χ0n) is 12.8. The van der Waals surface area contributed by atoms with Crippen LogP contribution in [-0.4, -0.2) is 26.8 Å².